The van der Waals surface area contributed by atoms with Crippen molar-refractivity contribution >= 4 is 11.7 Å². The van der Waals surface area contributed by atoms with Gasteiger partial charge in [-0.2, -0.15) is 0 Å². The molecule has 1 unspecified atom stereocenters. The van der Waals surface area contributed by atoms with Crippen molar-refractivity contribution in [3.05, 3.63) is 29.8 Å². The third-order valence-corrected chi connectivity index (χ3v) is 4.90. The number of methoxy groups -OCH3 is 1. The van der Waals surface area contributed by atoms with Gasteiger partial charge in [-0.3, -0.25) is 9.59 Å². The highest BCUT2D eigenvalue weighted by Gasteiger charge is 2.35. The number of ketones is 1. The molecule has 1 saturated heterocycles. The Labute approximate surface area is 149 Å². The van der Waals surface area contributed by atoms with Crippen LogP contribution in [0.3, 0.4) is 0 Å². The molecule has 1 aromatic rings. The summed E-state index contributed by atoms with van der Waals surface area (Å²) in [6.45, 7) is 3.59. The van der Waals surface area contributed by atoms with Crippen molar-refractivity contribution in [3.8, 4) is 5.75 Å². The Bertz CT molecular complexity index is 580. The smallest absolute Gasteiger partial charge is 0.289 e. The highest BCUT2D eigenvalue weighted by atomic mass is 16.5. The number of carbonyl (C=O) groups is 2. The SMILES string of the molecule is CCCC(N)C(=O)C(=O)NCC1(c2ccc(OC)cc2)CCOCC1. The summed E-state index contributed by atoms with van der Waals surface area (Å²) in [6, 6.07) is 7.13. The summed E-state index contributed by atoms with van der Waals surface area (Å²) < 4.78 is 10.7. The molecular weight excluding hydrogens is 320 g/mol. The fourth-order valence-corrected chi connectivity index (χ4v) is 3.22. The maximum Gasteiger partial charge on any atom is 0.289 e. The predicted octanol–water partition coefficient (Wildman–Crippen LogP) is 1.56. The molecule has 1 atom stereocenters. The van der Waals surface area contributed by atoms with Crippen LogP contribution in [-0.2, 0) is 19.7 Å². The van der Waals surface area contributed by atoms with Crippen molar-refractivity contribution in [2.45, 2.75) is 44.1 Å². The van der Waals surface area contributed by atoms with Crippen molar-refractivity contribution in [1.29, 1.82) is 0 Å². The van der Waals surface area contributed by atoms with Crippen LogP contribution in [-0.4, -0.2) is 44.6 Å². The molecule has 0 saturated carbocycles. The van der Waals surface area contributed by atoms with Gasteiger partial charge >= 0.3 is 0 Å². The molecule has 0 aliphatic carbocycles. The summed E-state index contributed by atoms with van der Waals surface area (Å²) in [5.41, 5.74) is 6.64. The fraction of sp³-hybridized carbons (Fsp3) is 0.579. The summed E-state index contributed by atoms with van der Waals surface area (Å²) in [4.78, 5) is 24.2. The number of hydrogen-bond donors (Lipinski definition) is 2. The van der Waals surface area contributed by atoms with Crippen molar-refractivity contribution in [2.75, 3.05) is 26.9 Å². The topological polar surface area (TPSA) is 90.7 Å². The number of carbonyl (C=O) groups excluding carboxylic acids is 2. The largest absolute Gasteiger partial charge is 0.497 e. The van der Waals surface area contributed by atoms with E-state index in [0.29, 0.717) is 26.2 Å². The van der Waals surface area contributed by atoms with Crippen molar-refractivity contribution in [3.63, 3.8) is 0 Å². The average molecular weight is 348 g/mol. The third kappa shape index (κ3) is 4.80. The second-order valence-electron chi connectivity index (χ2n) is 6.56. The van der Waals surface area contributed by atoms with Crippen molar-refractivity contribution in [2.24, 2.45) is 5.73 Å². The lowest BCUT2D eigenvalue weighted by Gasteiger charge is -2.38. The maximum atomic E-state index is 12.2. The van der Waals surface area contributed by atoms with Crippen LogP contribution in [0.25, 0.3) is 0 Å². The van der Waals surface area contributed by atoms with Gasteiger partial charge in [0, 0.05) is 25.2 Å². The normalized spacial score (nSPS) is 17.6. The van der Waals surface area contributed by atoms with E-state index in [2.05, 4.69) is 5.32 Å². The van der Waals surface area contributed by atoms with Gasteiger partial charge in [0.2, 0.25) is 5.78 Å². The zero-order valence-electron chi connectivity index (χ0n) is 15.0. The van der Waals surface area contributed by atoms with E-state index in [1.54, 1.807) is 7.11 Å². The van der Waals surface area contributed by atoms with Crippen LogP contribution in [0, 0.1) is 0 Å². The number of nitrogens with one attached hydrogen (secondary N) is 1. The first-order valence-electron chi connectivity index (χ1n) is 8.82. The number of rotatable bonds is 8. The summed E-state index contributed by atoms with van der Waals surface area (Å²) in [7, 11) is 1.63. The lowest BCUT2D eigenvalue weighted by Crippen LogP contribution is -2.49. The third-order valence-electron chi connectivity index (χ3n) is 4.90. The zero-order chi connectivity index (χ0) is 18.3. The van der Waals surface area contributed by atoms with Crippen molar-refractivity contribution < 1.29 is 19.1 Å². The van der Waals surface area contributed by atoms with E-state index in [9.17, 15) is 9.59 Å². The minimum Gasteiger partial charge on any atom is -0.497 e. The zero-order valence-corrected chi connectivity index (χ0v) is 15.0. The van der Waals surface area contributed by atoms with Gasteiger partial charge in [0.1, 0.15) is 5.75 Å². The van der Waals surface area contributed by atoms with Gasteiger partial charge in [-0.05, 0) is 37.0 Å². The molecule has 0 aromatic heterocycles. The van der Waals surface area contributed by atoms with Gasteiger partial charge < -0.3 is 20.5 Å². The van der Waals surface area contributed by atoms with Crippen molar-refractivity contribution in [1.82, 2.24) is 5.32 Å². The van der Waals surface area contributed by atoms with E-state index in [1.165, 1.54) is 0 Å². The Morgan fingerprint density at radius 1 is 1.28 bits per heavy atom. The van der Waals surface area contributed by atoms with Crippen LogP contribution >= 0.6 is 0 Å². The quantitative estimate of drug-likeness (QED) is 0.696. The Kier molecular flexibility index (Phi) is 6.96. The summed E-state index contributed by atoms with van der Waals surface area (Å²) in [5, 5.41) is 2.80. The molecule has 1 heterocycles. The second kappa shape index (κ2) is 8.97. The van der Waals surface area contributed by atoms with E-state index in [1.807, 2.05) is 31.2 Å². The van der Waals surface area contributed by atoms with Gasteiger partial charge in [-0.15, -0.1) is 0 Å². The molecule has 0 bridgehead atoms. The Morgan fingerprint density at radius 2 is 1.92 bits per heavy atom. The monoisotopic (exact) mass is 348 g/mol. The van der Waals surface area contributed by atoms with Crippen LogP contribution in [0.4, 0.5) is 0 Å². The molecule has 6 heteroatoms. The Balaban J connectivity index is 2.09. The van der Waals surface area contributed by atoms with Gasteiger partial charge in [0.05, 0.1) is 13.2 Å². The molecule has 0 radical (unpaired) electrons. The van der Waals surface area contributed by atoms with Gasteiger partial charge in [-0.25, -0.2) is 0 Å². The van der Waals surface area contributed by atoms with Crippen LogP contribution in [0.2, 0.25) is 0 Å². The highest BCUT2D eigenvalue weighted by Crippen LogP contribution is 2.35. The molecule has 0 spiro atoms. The lowest BCUT2D eigenvalue weighted by atomic mass is 9.74. The van der Waals surface area contributed by atoms with E-state index >= 15 is 0 Å². The van der Waals surface area contributed by atoms with Gasteiger partial charge in [-0.1, -0.05) is 25.5 Å². The average Bonchev–Trinajstić information content (AvgIpc) is 2.66. The van der Waals surface area contributed by atoms with Gasteiger partial charge in [0.25, 0.3) is 5.91 Å². The molecule has 1 fully saturated rings. The number of amides is 1. The molecule has 1 aromatic carbocycles. The van der Waals surface area contributed by atoms with E-state index < -0.39 is 17.7 Å². The maximum absolute atomic E-state index is 12.2. The minimum atomic E-state index is -0.725. The number of hydrogen-bond acceptors (Lipinski definition) is 5. The van der Waals surface area contributed by atoms with Crippen LogP contribution in [0.15, 0.2) is 24.3 Å². The molecular formula is C19H28N2O4. The number of benzene rings is 1. The van der Waals surface area contributed by atoms with Crippen LogP contribution in [0.1, 0.15) is 38.2 Å². The predicted molar refractivity (Wildman–Crippen MR) is 95.6 cm³/mol. The molecule has 1 aliphatic heterocycles. The number of nitrogens with two attached hydrogens (primary N) is 1. The first-order valence-corrected chi connectivity index (χ1v) is 8.82. The van der Waals surface area contributed by atoms with E-state index in [4.69, 9.17) is 15.2 Å². The minimum absolute atomic E-state index is 0.241. The standard InChI is InChI=1S/C19H28N2O4/c1-3-4-16(20)17(22)18(23)21-13-19(9-11-25-12-10-19)14-5-7-15(24-2)8-6-14/h5-8,16H,3-4,9-13,20H2,1-2H3,(H,21,23). The summed E-state index contributed by atoms with van der Waals surface area (Å²) in [6.07, 6.45) is 2.86. The summed E-state index contributed by atoms with van der Waals surface area (Å²) >= 11 is 0. The molecule has 2 rings (SSSR count). The van der Waals surface area contributed by atoms with Gasteiger partial charge in [0.15, 0.2) is 0 Å². The number of ether oxygens (including phenoxy) is 2. The van der Waals surface area contributed by atoms with Crippen LogP contribution < -0.4 is 15.8 Å². The molecule has 25 heavy (non-hydrogen) atoms. The molecule has 1 aliphatic rings. The first-order chi connectivity index (χ1) is 12.0. The molecule has 6 nitrogen and oxygen atoms in total. The van der Waals surface area contributed by atoms with E-state index in [0.717, 1.165) is 30.6 Å². The molecule has 3 N–H and O–H groups in total. The Morgan fingerprint density at radius 3 is 2.48 bits per heavy atom. The van der Waals surface area contributed by atoms with Crippen LogP contribution in [0.5, 0.6) is 5.75 Å². The molecule has 138 valence electrons. The van der Waals surface area contributed by atoms with E-state index in [-0.39, 0.29) is 5.41 Å². The molecule has 1 amide bonds. The summed E-state index contributed by atoms with van der Waals surface area (Å²) in [5.74, 6) is -0.352. The highest BCUT2D eigenvalue weighted by molar-refractivity contribution is 6.38. The fourth-order valence-electron chi connectivity index (χ4n) is 3.22. The number of Topliss-reactive ketones (excluding diaryl/α,β-unsaturated/α-hetero) is 1. The first kappa shape index (κ1) is 19.4. The lowest BCUT2D eigenvalue weighted by molar-refractivity contribution is -0.139. The second-order valence-corrected chi connectivity index (χ2v) is 6.56. The Hall–Kier alpha value is -1.92.